The van der Waals surface area contributed by atoms with E-state index in [1.54, 1.807) is 30.3 Å². The van der Waals surface area contributed by atoms with Crippen molar-refractivity contribution in [1.82, 2.24) is 0 Å². The molecule has 0 bridgehead atoms. The SMILES string of the molecule is CCc1ccc(NC2=C(Sc3ccc(Cl)cc3)C(=O)N(c3ccc(Cl)cc3C)C2=O)cc1. The van der Waals surface area contributed by atoms with Crippen molar-refractivity contribution in [2.24, 2.45) is 0 Å². The molecule has 0 atom stereocenters. The smallest absolute Gasteiger partial charge is 0.283 e. The molecule has 162 valence electrons. The number of halogens is 2. The van der Waals surface area contributed by atoms with Crippen LogP contribution in [0.5, 0.6) is 0 Å². The number of amides is 2. The highest BCUT2D eigenvalue weighted by Gasteiger charge is 2.40. The van der Waals surface area contributed by atoms with E-state index >= 15 is 0 Å². The normalized spacial score (nSPS) is 13.8. The van der Waals surface area contributed by atoms with E-state index in [1.807, 2.05) is 43.3 Å². The number of anilines is 2. The number of imide groups is 1. The standard InChI is InChI=1S/C25H20Cl2N2O2S/c1-3-16-4-9-19(10-5-16)28-22-23(32-20-11-6-17(26)7-12-20)25(31)29(24(22)30)21-13-8-18(27)14-15(21)2/h4-14,28H,3H2,1-2H3. The van der Waals surface area contributed by atoms with Crippen molar-refractivity contribution in [3.63, 3.8) is 0 Å². The predicted molar refractivity (Wildman–Crippen MR) is 132 cm³/mol. The quantitative estimate of drug-likeness (QED) is 0.390. The number of aryl methyl sites for hydroxylation is 2. The number of benzene rings is 3. The van der Waals surface area contributed by atoms with E-state index in [-0.39, 0.29) is 11.6 Å². The van der Waals surface area contributed by atoms with Crippen LogP contribution < -0.4 is 10.2 Å². The van der Waals surface area contributed by atoms with Crippen LogP contribution in [-0.2, 0) is 16.0 Å². The van der Waals surface area contributed by atoms with Crippen molar-refractivity contribution < 1.29 is 9.59 Å². The van der Waals surface area contributed by atoms with E-state index in [0.717, 1.165) is 22.6 Å². The third-order valence-corrected chi connectivity index (χ3v) is 6.68. The van der Waals surface area contributed by atoms with Crippen LogP contribution in [0.25, 0.3) is 0 Å². The van der Waals surface area contributed by atoms with Crippen LogP contribution in [0.15, 0.2) is 82.2 Å². The Balaban J connectivity index is 1.74. The summed E-state index contributed by atoms with van der Waals surface area (Å²) >= 11 is 13.3. The van der Waals surface area contributed by atoms with E-state index in [0.29, 0.717) is 20.6 Å². The minimum Gasteiger partial charge on any atom is -0.350 e. The Morgan fingerprint density at radius 1 is 0.875 bits per heavy atom. The number of hydrogen-bond donors (Lipinski definition) is 1. The number of hydrogen-bond acceptors (Lipinski definition) is 4. The Hall–Kier alpha value is -2.73. The maximum atomic E-state index is 13.5. The van der Waals surface area contributed by atoms with E-state index in [4.69, 9.17) is 23.2 Å². The first-order valence-electron chi connectivity index (χ1n) is 10.1. The molecular weight excluding hydrogens is 463 g/mol. The Labute approximate surface area is 201 Å². The Kier molecular flexibility index (Phi) is 6.60. The first kappa shape index (κ1) is 22.5. The van der Waals surface area contributed by atoms with Crippen molar-refractivity contribution >= 4 is 58.2 Å². The second-order valence-electron chi connectivity index (χ2n) is 7.31. The van der Waals surface area contributed by atoms with Crippen LogP contribution in [0, 0.1) is 6.92 Å². The average molecular weight is 483 g/mol. The lowest BCUT2D eigenvalue weighted by molar-refractivity contribution is -0.120. The second kappa shape index (κ2) is 9.41. The summed E-state index contributed by atoms with van der Waals surface area (Å²) in [4.78, 5) is 29.2. The summed E-state index contributed by atoms with van der Waals surface area (Å²) < 4.78 is 0. The zero-order chi connectivity index (χ0) is 22.8. The minimum absolute atomic E-state index is 0.244. The van der Waals surface area contributed by atoms with E-state index in [2.05, 4.69) is 12.2 Å². The van der Waals surface area contributed by atoms with Crippen molar-refractivity contribution in [2.75, 3.05) is 10.2 Å². The molecule has 0 saturated heterocycles. The summed E-state index contributed by atoms with van der Waals surface area (Å²) in [6.07, 6.45) is 0.918. The maximum Gasteiger partial charge on any atom is 0.283 e. The fourth-order valence-corrected chi connectivity index (χ4v) is 4.67. The van der Waals surface area contributed by atoms with Gasteiger partial charge in [0.05, 0.1) is 5.69 Å². The second-order valence-corrected chi connectivity index (χ2v) is 9.27. The molecule has 3 aromatic carbocycles. The molecule has 4 rings (SSSR count). The Morgan fingerprint density at radius 3 is 2.16 bits per heavy atom. The van der Waals surface area contributed by atoms with Gasteiger partial charge in [0, 0.05) is 20.6 Å². The number of nitrogens with zero attached hydrogens (tertiary/aromatic N) is 1. The molecule has 2 amide bonds. The Morgan fingerprint density at radius 2 is 1.53 bits per heavy atom. The highest BCUT2D eigenvalue weighted by atomic mass is 35.5. The van der Waals surface area contributed by atoms with Crippen LogP contribution in [0.1, 0.15) is 18.1 Å². The molecule has 1 aliphatic heterocycles. The molecule has 32 heavy (non-hydrogen) atoms. The van der Waals surface area contributed by atoms with Gasteiger partial charge in [-0.2, -0.15) is 0 Å². The summed E-state index contributed by atoms with van der Waals surface area (Å²) in [5, 5.41) is 4.33. The zero-order valence-electron chi connectivity index (χ0n) is 17.5. The monoisotopic (exact) mass is 482 g/mol. The van der Waals surface area contributed by atoms with Gasteiger partial charge in [-0.25, -0.2) is 4.90 Å². The summed E-state index contributed by atoms with van der Waals surface area (Å²) in [5.41, 5.74) is 3.42. The van der Waals surface area contributed by atoms with Crippen LogP contribution in [-0.4, -0.2) is 11.8 Å². The van der Waals surface area contributed by atoms with Crippen molar-refractivity contribution in [2.45, 2.75) is 25.2 Å². The lowest BCUT2D eigenvalue weighted by Gasteiger charge is -2.18. The summed E-state index contributed by atoms with van der Waals surface area (Å²) in [6, 6.07) is 20.1. The van der Waals surface area contributed by atoms with E-state index < -0.39 is 5.91 Å². The van der Waals surface area contributed by atoms with Gasteiger partial charge in [0.25, 0.3) is 11.8 Å². The fraction of sp³-hybridized carbons (Fsp3) is 0.120. The molecule has 0 spiro atoms. The van der Waals surface area contributed by atoms with E-state index in [1.165, 1.54) is 22.2 Å². The molecule has 1 heterocycles. The molecule has 0 saturated carbocycles. The predicted octanol–water partition coefficient (Wildman–Crippen LogP) is 6.85. The van der Waals surface area contributed by atoms with Gasteiger partial charge in [-0.3, -0.25) is 9.59 Å². The summed E-state index contributed by atoms with van der Waals surface area (Å²) in [7, 11) is 0. The molecule has 0 aromatic heterocycles. The molecule has 0 fully saturated rings. The lowest BCUT2D eigenvalue weighted by atomic mass is 10.1. The first-order chi connectivity index (χ1) is 15.4. The summed E-state index contributed by atoms with van der Waals surface area (Å²) in [5.74, 6) is -0.787. The van der Waals surface area contributed by atoms with Crippen molar-refractivity contribution in [1.29, 1.82) is 0 Å². The maximum absolute atomic E-state index is 13.5. The van der Waals surface area contributed by atoms with Crippen LogP contribution in [0.2, 0.25) is 10.0 Å². The summed E-state index contributed by atoms with van der Waals surface area (Å²) in [6.45, 7) is 3.90. The highest BCUT2D eigenvalue weighted by molar-refractivity contribution is 8.04. The molecule has 1 aliphatic rings. The third-order valence-electron chi connectivity index (χ3n) is 5.11. The van der Waals surface area contributed by atoms with Gasteiger partial charge in [-0.15, -0.1) is 0 Å². The van der Waals surface area contributed by atoms with Gasteiger partial charge in [-0.05, 0) is 79.1 Å². The molecule has 0 radical (unpaired) electrons. The third kappa shape index (κ3) is 4.56. The number of carbonyl (C=O) groups excluding carboxylic acids is 2. The number of carbonyl (C=O) groups is 2. The van der Waals surface area contributed by atoms with Crippen LogP contribution in [0.3, 0.4) is 0 Å². The number of rotatable bonds is 6. The Bertz CT molecular complexity index is 1220. The zero-order valence-corrected chi connectivity index (χ0v) is 19.8. The molecule has 0 unspecified atom stereocenters. The van der Waals surface area contributed by atoms with Gasteiger partial charge in [0.2, 0.25) is 0 Å². The number of nitrogens with one attached hydrogen (secondary N) is 1. The lowest BCUT2D eigenvalue weighted by Crippen LogP contribution is -2.32. The minimum atomic E-state index is -0.406. The van der Waals surface area contributed by atoms with Gasteiger partial charge in [0.1, 0.15) is 10.6 Å². The molecule has 7 heteroatoms. The first-order valence-corrected chi connectivity index (χ1v) is 11.6. The van der Waals surface area contributed by atoms with E-state index in [9.17, 15) is 9.59 Å². The average Bonchev–Trinajstić information content (AvgIpc) is 3.00. The van der Waals surface area contributed by atoms with Gasteiger partial charge in [0.15, 0.2) is 0 Å². The van der Waals surface area contributed by atoms with Crippen LogP contribution in [0.4, 0.5) is 11.4 Å². The molecule has 3 aromatic rings. The number of thioether (sulfide) groups is 1. The van der Waals surface area contributed by atoms with Gasteiger partial charge in [-0.1, -0.05) is 54.0 Å². The fourth-order valence-electron chi connectivity index (χ4n) is 3.39. The van der Waals surface area contributed by atoms with Gasteiger partial charge >= 0.3 is 0 Å². The topological polar surface area (TPSA) is 49.4 Å². The molecule has 4 nitrogen and oxygen atoms in total. The highest BCUT2D eigenvalue weighted by Crippen LogP contribution is 2.39. The largest absolute Gasteiger partial charge is 0.350 e. The van der Waals surface area contributed by atoms with Gasteiger partial charge < -0.3 is 5.32 Å². The van der Waals surface area contributed by atoms with Crippen molar-refractivity contribution in [3.8, 4) is 0 Å². The van der Waals surface area contributed by atoms with Crippen molar-refractivity contribution in [3.05, 3.63) is 98.5 Å². The molecular formula is C25H20Cl2N2O2S. The van der Waals surface area contributed by atoms with Crippen LogP contribution >= 0.6 is 35.0 Å². The molecule has 0 aliphatic carbocycles. The molecule has 1 N–H and O–H groups in total.